The van der Waals surface area contributed by atoms with Gasteiger partial charge in [-0.3, -0.25) is 14.0 Å². The zero-order chi connectivity index (χ0) is 18.8. The predicted octanol–water partition coefficient (Wildman–Crippen LogP) is 3.54. The summed E-state index contributed by atoms with van der Waals surface area (Å²) in [6.45, 7) is 0.156. The molecular formula is C20H14ClN3O3. The van der Waals surface area contributed by atoms with E-state index in [0.29, 0.717) is 22.2 Å². The zero-order valence-corrected chi connectivity index (χ0v) is 14.8. The van der Waals surface area contributed by atoms with E-state index in [0.717, 1.165) is 5.56 Å². The van der Waals surface area contributed by atoms with Gasteiger partial charge in [0.2, 0.25) is 0 Å². The highest BCUT2D eigenvalue weighted by Crippen LogP contribution is 2.23. The molecule has 0 aliphatic rings. The highest BCUT2D eigenvalue weighted by molar-refractivity contribution is 6.30. The number of amides is 1. The Morgan fingerprint density at radius 3 is 2.74 bits per heavy atom. The van der Waals surface area contributed by atoms with Crippen molar-refractivity contribution in [2.75, 3.05) is 0 Å². The Hall–Kier alpha value is -3.38. The number of aromatic nitrogens is 2. The molecule has 1 aromatic carbocycles. The molecule has 0 aliphatic carbocycles. The molecule has 0 radical (unpaired) electrons. The molecule has 3 heterocycles. The Labute approximate surface area is 159 Å². The fraction of sp³-hybridized carbons (Fsp3) is 0.0500. The molecule has 134 valence electrons. The number of benzene rings is 1. The van der Waals surface area contributed by atoms with E-state index in [9.17, 15) is 9.59 Å². The van der Waals surface area contributed by atoms with E-state index in [-0.39, 0.29) is 12.1 Å². The lowest BCUT2D eigenvalue weighted by Gasteiger charge is -2.05. The van der Waals surface area contributed by atoms with Gasteiger partial charge in [-0.25, -0.2) is 4.98 Å². The summed E-state index contributed by atoms with van der Waals surface area (Å²) in [5.74, 6) is 0.737. The molecule has 0 saturated carbocycles. The summed E-state index contributed by atoms with van der Waals surface area (Å²) in [5, 5.41) is 3.33. The first-order valence-corrected chi connectivity index (χ1v) is 8.59. The van der Waals surface area contributed by atoms with Crippen LogP contribution in [0.4, 0.5) is 0 Å². The minimum Gasteiger partial charge on any atom is -0.459 e. The van der Waals surface area contributed by atoms with Gasteiger partial charge < -0.3 is 9.73 Å². The van der Waals surface area contributed by atoms with Crippen molar-refractivity contribution in [3.8, 4) is 11.3 Å². The van der Waals surface area contributed by atoms with Gasteiger partial charge in [-0.05, 0) is 48.5 Å². The number of nitrogens with one attached hydrogen (secondary N) is 1. The lowest BCUT2D eigenvalue weighted by Crippen LogP contribution is -2.31. The van der Waals surface area contributed by atoms with Gasteiger partial charge in [-0.15, -0.1) is 0 Å². The Bertz CT molecular complexity index is 1180. The van der Waals surface area contributed by atoms with Crippen LogP contribution in [0.1, 0.15) is 16.1 Å². The van der Waals surface area contributed by atoms with Gasteiger partial charge in [0.15, 0.2) is 0 Å². The maximum absolute atomic E-state index is 12.4. The Kier molecular flexibility index (Phi) is 4.48. The highest BCUT2D eigenvalue weighted by atomic mass is 35.5. The van der Waals surface area contributed by atoms with Crippen molar-refractivity contribution >= 4 is 23.2 Å². The summed E-state index contributed by atoms with van der Waals surface area (Å²) in [7, 11) is 0. The van der Waals surface area contributed by atoms with Gasteiger partial charge in [0.05, 0.1) is 6.54 Å². The third-order valence-corrected chi connectivity index (χ3v) is 4.32. The van der Waals surface area contributed by atoms with Crippen LogP contribution < -0.4 is 10.9 Å². The molecule has 0 fully saturated rings. The first-order valence-electron chi connectivity index (χ1n) is 8.21. The molecule has 6 nitrogen and oxygen atoms in total. The van der Waals surface area contributed by atoms with Crippen molar-refractivity contribution in [3.05, 3.63) is 93.7 Å². The molecule has 27 heavy (non-hydrogen) atoms. The topological polar surface area (TPSA) is 76.6 Å². The molecule has 1 amide bonds. The number of hydrogen-bond donors (Lipinski definition) is 1. The number of hydrogen-bond acceptors (Lipinski definition) is 4. The lowest BCUT2D eigenvalue weighted by atomic mass is 10.2. The number of carbonyl (C=O) groups excluding carboxylic acids is 1. The molecule has 1 N–H and O–H groups in total. The van der Waals surface area contributed by atoms with Crippen LogP contribution in [-0.4, -0.2) is 15.3 Å². The lowest BCUT2D eigenvalue weighted by molar-refractivity contribution is 0.0946. The van der Waals surface area contributed by atoms with Crippen molar-refractivity contribution in [2.24, 2.45) is 0 Å². The number of carbonyl (C=O) groups is 1. The van der Waals surface area contributed by atoms with Crippen LogP contribution in [0.25, 0.3) is 17.0 Å². The second-order valence-electron chi connectivity index (χ2n) is 5.86. The van der Waals surface area contributed by atoms with E-state index >= 15 is 0 Å². The summed E-state index contributed by atoms with van der Waals surface area (Å²) in [4.78, 5) is 28.9. The normalized spacial score (nSPS) is 10.9. The fourth-order valence-corrected chi connectivity index (χ4v) is 2.81. The van der Waals surface area contributed by atoms with Crippen molar-refractivity contribution < 1.29 is 9.21 Å². The number of nitrogens with zero attached hydrogens (tertiary/aromatic N) is 2. The second-order valence-corrected chi connectivity index (χ2v) is 6.30. The van der Waals surface area contributed by atoms with Gasteiger partial charge >= 0.3 is 0 Å². The largest absolute Gasteiger partial charge is 0.459 e. The number of halogens is 1. The molecule has 0 atom stereocenters. The van der Waals surface area contributed by atoms with E-state index in [1.165, 1.54) is 10.6 Å². The van der Waals surface area contributed by atoms with Gasteiger partial charge in [0, 0.05) is 23.0 Å². The minimum atomic E-state index is -0.504. The molecule has 0 bridgehead atoms. The van der Waals surface area contributed by atoms with Gasteiger partial charge in [-0.1, -0.05) is 17.7 Å². The number of furan rings is 1. The first-order chi connectivity index (χ1) is 13.1. The van der Waals surface area contributed by atoms with Gasteiger partial charge in [0.25, 0.3) is 11.5 Å². The second kappa shape index (κ2) is 7.09. The summed E-state index contributed by atoms with van der Waals surface area (Å²) in [6.07, 6.45) is 2.86. The standard InChI is InChI=1S/C20H14ClN3O3/c21-14-6-4-13(5-7-14)17-9-8-15(27-17)11-23-19(25)16-12-22-18-3-1-2-10-24(18)20(16)26/h1-10,12H,11H2,(H,23,25). The zero-order valence-electron chi connectivity index (χ0n) is 14.1. The van der Waals surface area contributed by atoms with Crippen molar-refractivity contribution in [1.29, 1.82) is 0 Å². The number of rotatable bonds is 4. The van der Waals surface area contributed by atoms with E-state index in [2.05, 4.69) is 10.3 Å². The molecular weight excluding hydrogens is 366 g/mol. The number of pyridine rings is 1. The minimum absolute atomic E-state index is 0.0248. The fourth-order valence-electron chi connectivity index (χ4n) is 2.69. The third-order valence-electron chi connectivity index (χ3n) is 4.07. The SMILES string of the molecule is O=C(NCc1ccc(-c2ccc(Cl)cc2)o1)c1cnc2ccccn2c1=O. The molecule has 0 unspecified atom stereocenters. The van der Waals surface area contributed by atoms with E-state index < -0.39 is 11.5 Å². The summed E-state index contributed by atoms with van der Waals surface area (Å²) >= 11 is 5.89. The van der Waals surface area contributed by atoms with Crippen molar-refractivity contribution in [2.45, 2.75) is 6.54 Å². The average Bonchev–Trinajstić information content (AvgIpc) is 3.16. The summed E-state index contributed by atoms with van der Waals surface area (Å²) in [6, 6.07) is 16.0. The molecule has 4 aromatic rings. The van der Waals surface area contributed by atoms with Gasteiger partial charge in [-0.2, -0.15) is 0 Å². The molecule has 4 rings (SSSR count). The summed E-state index contributed by atoms with van der Waals surface area (Å²) in [5.41, 5.74) is 0.925. The van der Waals surface area contributed by atoms with E-state index in [4.69, 9.17) is 16.0 Å². The van der Waals surface area contributed by atoms with Crippen molar-refractivity contribution in [3.63, 3.8) is 0 Å². The van der Waals surface area contributed by atoms with Crippen LogP contribution in [0.15, 0.2) is 76.2 Å². The van der Waals surface area contributed by atoms with Crippen LogP contribution in [0.5, 0.6) is 0 Å². The Balaban J connectivity index is 1.49. The molecule has 7 heteroatoms. The monoisotopic (exact) mass is 379 g/mol. The molecule has 0 spiro atoms. The van der Waals surface area contributed by atoms with E-state index in [1.54, 1.807) is 42.6 Å². The Morgan fingerprint density at radius 2 is 1.93 bits per heavy atom. The smallest absolute Gasteiger partial charge is 0.270 e. The van der Waals surface area contributed by atoms with Crippen molar-refractivity contribution in [1.82, 2.24) is 14.7 Å². The first kappa shape index (κ1) is 17.1. The van der Waals surface area contributed by atoms with Crippen LogP contribution in [-0.2, 0) is 6.54 Å². The predicted molar refractivity (Wildman–Crippen MR) is 102 cm³/mol. The van der Waals surface area contributed by atoms with Crippen LogP contribution in [0, 0.1) is 0 Å². The maximum Gasteiger partial charge on any atom is 0.270 e. The van der Waals surface area contributed by atoms with Crippen LogP contribution in [0.2, 0.25) is 5.02 Å². The van der Waals surface area contributed by atoms with Crippen LogP contribution in [0.3, 0.4) is 0 Å². The third kappa shape index (κ3) is 3.47. The quantitative estimate of drug-likeness (QED) is 0.588. The highest BCUT2D eigenvalue weighted by Gasteiger charge is 2.14. The summed E-state index contributed by atoms with van der Waals surface area (Å²) < 4.78 is 7.07. The maximum atomic E-state index is 12.4. The molecule has 0 aliphatic heterocycles. The Morgan fingerprint density at radius 1 is 1.11 bits per heavy atom. The average molecular weight is 380 g/mol. The molecule has 0 saturated heterocycles. The van der Waals surface area contributed by atoms with E-state index in [1.807, 2.05) is 18.2 Å². The van der Waals surface area contributed by atoms with Gasteiger partial charge in [0.1, 0.15) is 22.7 Å². The number of fused-ring (bicyclic) bond motifs is 1. The van der Waals surface area contributed by atoms with Crippen LogP contribution >= 0.6 is 11.6 Å². The molecule has 3 aromatic heterocycles.